The fourth-order valence-corrected chi connectivity index (χ4v) is 4.37. The minimum Gasteiger partial charge on any atom is -0.457 e. The van der Waals surface area contributed by atoms with Gasteiger partial charge in [0.1, 0.15) is 11.5 Å². The second kappa shape index (κ2) is 6.81. The van der Waals surface area contributed by atoms with Crippen LogP contribution in [0.3, 0.4) is 0 Å². The van der Waals surface area contributed by atoms with Gasteiger partial charge in [0.25, 0.3) is 0 Å². The second-order valence-electron chi connectivity index (χ2n) is 9.28. The number of hydrogen-bond donors (Lipinski definition) is 0. The minimum absolute atomic E-state index is 0.0438. The molecule has 0 aliphatic heterocycles. The Morgan fingerprint density at radius 2 is 1.54 bits per heavy atom. The van der Waals surface area contributed by atoms with Crippen LogP contribution in [-0.2, 0) is 17.3 Å². The molecular formula is C27H30O. The van der Waals surface area contributed by atoms with Crippen LogP contribution < -0.4 is 4.74 Å². The van der Waals surface area contributed by atoms with E-state index >= 15 is 0 Å². The summed E-state index contributed by atoms with van der Waals surface area (Å²) in [5.74, 6) is 1.79. The highest BCUT2D eigenvalue weighted by Crippen LogP contribution is 2.42. The van der Waals surface area contributed by atoms with Crippen molar-refractivity contribution in [3.63, 3.8) is 0 Å². The number of aryl methyl sites for hydroxylation is 2. The van der Waals surface area contributed by atoms with E-state index in [0.29, 0.717) is 5.41 Å². The molecule has 0 heterocycles. The molecule has 0 saturated carbocycles. The number of fused-ring (bicyclic) bond motifs is 1. The van der Waals surface area contributed by atoms with Crippen molar-refractivity contribution < 1.29 is 4.74 Å². The average Bonchev–Trinajstić information content (AvgIpc) is 2.98. The van der Waals surface area contributed by atoms with E-state index in [4.69, 9.17) is 4.74 Å². The molecule has 1 aliphatic carbocycles. The molecule has 0 unspecified atom stereocenters. The van der Waals surface area contributed by atoms with Gasteiger partial charge >= 0.3 is 0 Å². The van der Waals surface area contributed by atoms with Crippen LogP contribution in [0.15, 0.2) is 66.7 Å². The molecule has 0 aromatic heterocycles. The van der Waals surface area contributed by atoms with Crippen molar-refractivity contribution in [1.82, 2.24) is 0 Å². The Balaban J connectivity index is 1.64. The van der Waals surface area contributed by atoms with Crippen LogP contribution in [0.2, 0.25) is 0 Å². The van der Waals surface area contributed by atoms with E-state index in [-0.39, 0.29) is 5.41 Å². The predicted octanol–water partition coefficient (Wildman–Crippen LogP) is 7.34. The fraction of sp³-hybridized carbons (Fsp3) is 0.333. The summed E-state index contributed by atoms with van der Waals surface area (Å²) in [5.41, 5.74) is 7.19. The monoisotopic (exact) mass is 370 g/mol. The first-order valence-electron chi connectivity index (χ1n) is 10.3. The smallest absolute Gasteiger partial charge is 0.130 e. The standard InChI is InChI=1S/C27H30O/c1-19-17-21(12-14-25(19)28-23-9-7-6-8-10-23)27(4,5)22-11-13-24-20(18-22)15-16-26(24,2)3/h6-14,17-18H,15-16H2,1-5H3. The van der Waals surface area contributed by atoms with E-state index in [1.807, 2.05) is 30.3 Å². The summed E-state index contributed by atoms with van der Waals surface area (Å²) in [4.78, 5) is 0. The summed E-state index contributed by atoms with van der Waals surface area (Å²) in [6, 6.07) is 23.7. The van der Waals surface area contributed by atoms with Gasteiger partial charge in [0, 0.05) is 5.41 Å². The lowest BCUT2D eigenvalue weighted by Gasteiger charge is -2.28. The van der Waals surface area contributed by atoms with Gasteiger partial charge in [-0.2, -0.15) is 0 Å². The molecule has 1 nitrogen and oxygen atoms in total. The fourth-order valence-electron chi connectivity index (χ4n) is 4.37. The summed E-state index contributed by atoms with van der Waals surface area (Å²) < 4.78 is 6.07. The van der Waals surface area contributed by atoms with Crippen LogP contribution >= 0.6 is 0 Å². The quantitative estimate of drug-likeness (QED) is 0.467. The Kier molecular flexibility index (Phi) is 4.57. The Labute approximate surface area is 169 Å². The summed E-state index contributed by atoms with van der Waals surface area (Å²) in [5, 5.41) is 0. The summed E-state index contributed by atoms with van der Waals surface area (Å²) >= 11 is 0. The molecule has 3 aromatic rings. The van der Waals surface area contributed by atoms with Gasteiger partial charge in [-0.05, 0) is 71.2 Å². The van der Waals surface area contributed by atoms with Gasteiger partial charge in [0.05, 0.1) is 0 Å². The van der Waals surface area contributed by atoms with Crippen LogP contribution in [0.25, 0.3) is 0 Å². The first-order valence-corrected chi connectivity index (χ1v) is 10.3. The highest BCUT2D eigenvalue weighted by Gasteiger charge is 2.32. The summed E-state index contributed by atoms with van der Waals surface area (Å²) in [6.45, 7) is 11.5. The number of para-hydroxylation sites is 1. The first-order chi connectivity index (χ1) is 13.3. The third kappa shape index (κ3) is 3.35. The van der Waals surface area contributed by atoms with Gasteiger partial charge < -0.3 is 4.74 Å². The maximum Gasteiger partial charge on any atom is 0.130 e. The largest absolute Gasteiger partial charge is 0.457 e. The maximum atomic E-state index is 6.07. The lowest BCUT2D eigenvalue weighted by Crippen LogP contribution is -2.20. The number of hydrogen-bond acceptors (Lipinski definition) is 1. The zero-order valence-electron chi connectivity index (χ0n) is 17.7. The first kappa shape index (κ1) is 18.8. The van der Waals surface area contributed by atoms with Gasteiger partial charge in [0.2, 0.25) is 0 Å². The van der Waals surface area contributed by atoms with E-state index in [2.05, 4.69) is 71.0 Å². The lowest BCUT2D eigenvalue weighted by molar-refractivity contribution is 0.478. The Morgan fingerprint density at radius 3 is 2.25 bits per heavy atom. The van der Waals surface area contributed by atoms with Crippen LogP contribution in [0, 0.1) is 6.92 Å². The Morgan fingerprint density at radius 1 is 0.857 bits per heavy atom. The van der Waals surface area contributed by atoms with Crippen molar-refractivity contribution in [1.29, 1.82) is 0 Å². The predicted molar refractivity (Wildman–Crippen MR) is 118 cm³/mol. The average molecular weight is 371 g/mol. The molecule has 0 saturated heterocycles. The topological polar surface area (TPSA) is 9.23 Å². The zero-order valence-corrected chi connectivity index (χ0v) is 17.7. The molecule has 1 heteroatoms. The molecule has 3 aromatic carbocycles. The van der Waals surface area contributed by atoms with Gasteiger partial charge in [0.15, 0.2) is 0 Å². The molecule has 0 spiro atoms. The van der Waals surface area contributed by atoms with Gasteiger partial charge in [-0.1, -0.05) is 76.2 Å². The maximum absolute atomic E-state index is 6.07. The summed E-state index contributed by atoms with van der Waals surface area (Å²) in [6.07, 6.45) is 2.44. The Bertz CT molecular complexity index is 996. The van der Waals surface area contributed by atoms with Gasteiger partial charge in [-0.15, -0.1) is 0 Å². The van der Waals surface area contributed by atoms with E-state index in [9.17, 15) is 0 Å². The normalized spacial score (nSPS) is 15.3. The summed E-state index contributed by atoms with van der Waals surface area (Å²) in [7, 11) is 0. The second-order valence-corrected chi connectivity index (χ2v) is 9.28. The molecule has 0 N–H and O–H groups in total. The van der Waals surface area contributed by atoms with Crippen LogP contribution in [0.1, 0.15) is 61.9 Å². The number of ether oxygens (including phenoxy) is 1. The van der Waals surface area contributed by atoms with Crippen molar-refractivity contribution in [2.45, 2.75) is 58.3 Å². The number of benzene rings is 3. The molecule has 1 aliphatic rings. The third-order valence-corrected chi connectivity index (χ3v) is 6.44. The molecular weight excluding hydrogens is 340 g/mol. The van der Waals surface area contributed by atoms with E-state index in [0.717, 1.165) is 17.1 Å². The molecule has 144 valence electrons. The lowest BCUT2D eigenvalue weighted by atomic mass is 9.76. The molecule has 0 atom stereocenters. The third-order valence-electron chi connectivity index (χ3n) is 6.44. The highest BCUT2D eigenvalue weighted by molar-refractivity contribution is 5.49. The van der Waals surface area contributed by atoms with Crippen molar-refractivity contribution in [2.75, 3.05) is 0 Å². The molecule has 0 radical (unpaired) electrons. The van der Waals surface area contributed by atoms with Crippen molar-refractivity contribution >= 4 is 0 Å². The van der Waals surface area contributed by atoms with E-state index in [1.54, 1.807) is 0 Å². The van der Waals surface area contributed by atoms with Crippen molar-refractivity contribution in [3.05, 3.63) is 94.5 Å². The minimum atomic E-state index is -0.0438. The number of rotatable bonds is 4. The SMILES string of the molecule is Cc1cc(C(C)(C)c2ccc3c(c2)CCC3(C)C)ccc1Oc1ccccc1. The van der Waals surface area contributed by atoms with Crippen LogP contribution in [0.5, 0.6) is 11.5 Å². The van der Waals surface area contributed by atoms with Gasteiger partial charge in [-0.25, -0.2) is 0 Å². The van der Waals surface area contributed by atoms with Crippen molar-refractivity contribution in [3.8, 4) is 11.5 Å². The molecule has 28 heavy (non-hydrogen) atoms. The van der Waals surface area contributed by atoms with E-state index < -0.39 is 0 Å². The Hall–Kier alpha value is -2.54. The van der Waals surface area contributed by atoms with Crippen LogP contribution in [-0.4, -0.2) is 0 Å². The molecule has 4 rings (SSSR count). The zero-order chi connectivity index (χ0) is 19.9. The van der Waals surface area contributed by atoms with Crippen LogP contribution in [0.4, 0.5) is 0 Å². The molecule has 0 amide bonds. The highest BCUT2D eigenvalue weighted by atomic mass is 16.5. The van der Waals surface area contributed by atoms with Crippen molar-refractivity contribution in [2.24, 2.45) is 0 Å². The van der Waals surface area contributed by atoms with E-state index in [1.165, 1.54) is 35.1 Å². The van der Waals surface area contributed by atoms with Gasteiger partial charge in [-0.3, -0.25) is 0 Å². The molecule has 0 fully saturated rings. The molecule has 0 bridgehead atoms.